The summed E-state index contributed by atoms with van der Waals surface area (Å²) in [5.74, 6) is -2.31. The minimum absolute atomic E-state index is 0.0748. The second kappa shape index (κ2) is 24.6. The second-order valence-corrected chi connectivity index (χ2v) is 7.77. The van der Waals surface area contributed by atoms with Crippen molar-refractivity contribution in [1.82, 2.24) is 14.7 Å². The lowest BCUT2D eigenvalue weighted by molar-refractivity contribution is -0.140. The molecule has 0 aliphatic rings. The first-order valence-corrected chi connectivity index (χ1v) is 11.8. The maximum atomic E-state index is 11.1. The minimum atomic E-state index is -0.956. The molecule has 0 aliphatic heterocycles. The molecular weight excluding hydrogens is 430 g/mol. The van der Waals surface area contributed by atoms with Crippen molar-refractivity contribution >= 4 is 24.2 Å². The summed E-state index contributed by atoms with van der Waals surface area (Å²) < 4.78 is 0. The Hall–Kier alpha value is -2.04. The molecule has 0 spiro atoms. The van der Waals surface area contributed by atoms with Crippen LogP contribution < -0.4 is 0 Å². The third-order valence-electron chi connectivity index (χ3n) is 4.27. The summed E-state index contributed by atoms with van der Waals surface area (Å²) in [4.78, 5) is 47.6. The van der Waals surface area contributed by atoms with E-state index in [-0.39, 0.29) is 19.6 Å². The largest absolute Gasteiger partial charge is 0.480 e. The predicted molar refractivity (Wildman–Crippen MR) is 130 cm³/mol. The molecule has 0 rings (SSSR count). The van der Waals surface area contributed by atoms with Crippen LogP contribution in [0.3, 0.4) is 0 Å². The highest BCUT2D eigenvalue weighted by Gasteiger charge is 2.16. The van der Waals surface area contributed by atoms with E-state index >= 15 is 0 Å². The number of nitrogens with zero attached hydrogens (tertiary/aromatic N) is 3. The highest BCUT2D eigenvalue weighted by Crippen LogP contribution is 2.03. The van der Waals surface area contributed by atoms with Gasteiger partial charge in [-0.25, -0.2) is 0 Å². The first-order valence-electron chi connectivity index (χ1n) is 11.8. The van der Waals surface area contributed by atoms with Gasteiger partial charge < -0.3 is 20.1 Å². The molecule has 3 N–H and O–H groups in total. The monoisotopic (exact) mass is 477 g/mol. The molecule has 0 saturated carbocycles. The number of aldehydes is 1. The van der Waals surface area contributed by atoms with E-state index in [4.69, 9.17) is 15.3 Å². The fraction of sp³-hybridized carbons (Fsp3) is 0.826. The van der Waals surface area contributed by atoms with Gasteiger partial charge >= 0.3 is 17.9 Å². The van der Waals surface area contributed by atoms with Crippen LogP contribution in [0, 0.1) is 5.92 Å². The number of carbonyl (C=O) groups is 4. The number of rotatable bonds is 18. The van der Waals surface area contributed by atoms with Crippen LogP contribution in [0.1, 0.15) is 60.8 Å². The fourth-order valence-electron chi connectivity index (χ4n) is 2.71. The summed E-state index contributed by atoms with van der Waals surface area (Å²) in [6, 6.07) is 0. The van der Waals surface area contributed by atoms with E-state index in [2.05, 4.69) is 13.8 Å². The van der Waals surface area contributed by atoms with Gasteiger partial charge in [0.15, 0.2) is 0 Å². The Morgan fingerprint density at radius 3 is 1.24 bits per heavy atom. The van der Waals surface area contributed by atoms with Crippen LogP contribution in [0.15, 0.2) is 0 Å². The van der Waals surface area contributed by atoms with Crippen molar-refractivity contribution in [2.75, 3.05) is 58.9 Å². The zero-order valence-electron chi connectivity index (χ0n) is 21.5. The van der Waals surface area contributed by atoms with Gasteiger partial charge in [-0.05, 0) is 31.8 Å². The Morgan fingerprint density at radius 1 is 0.697 bits per heavy atom. The topological polar surface area (TPSA) is 139 Å². The van der Waals surface area contributed by atoms with Gasteiger partial charge in [-0.3, -0.25) is 29.1 Å². The number of carbonyl (C=O) groups excluding carboxylic acids is 1. The number of hydrogen-bond acceptors (Lipinski definition) is 7. The van der Waals surface area contributed by atoms with Crippen molar-refractivity contribution in [3.63, 3.8) is 0 Å². The molecule has 0 aromatic heterocycles. The molecule has 0 heterocycles. The van der Waals surface area contributed by atoms with Gasteiger partial charge in [-0.1, -0.05) is 41.5 Å². The van der Waals surface area contributed by atoms with Crippen LogP contribution in [0.5, 0.6) is 0 Å². The van der Waals surface area contributed by atoms with Crippen LogP contribution in [0.25, 0.3) is 0 Å². The van der Waals surface area contributed by atoms with Gasteiger partial charge in [0.2, 0.25) is 0 Å². The molecule has 0 saturated heterocycles. The van der Waals surface area contributed by atoms with Gasteiger partial charge in [0.25, 0.3) is 0 Å². The Labute approximate surface area is 199 Å². The molecule has 0 atom stereocenters. The quantitative estimate of drug-likeness (QED) is 0.252. The first kappa shape index (κ1) is 35.5. The molecule has 0 radical (unpaired) electrons. The molecule has 0 fully saturated rings. The van der Waals surface area contributed by atoms with Crippen LogP contribution in [-0.2, 0) is 19.2 Å². The van der Waals surface area contributed by atoms with E-state index in [1.165, 1.54) is 0 Å². The van der Waals surface area contributed by atoms with E-state index in [0.717, 1.165) is 19.1 Å². The molecule has 0 unspecified atom stereocenters. The highest BCUT2D eigenvalue weighted by molar-refractivity contribution is 5.69. The zero-order valence-corrected chi connectivity index (χ0v) is 21.5. The van der Waals surface area contributed by atoms with Crippen LogP contribution in [-0.4, -0.2) is 113 Å². The van der Waals surface area contributed by atoms with Gasteiger partial charge in [-0.15, -0.1) is 0 Å². The van der Waals surface area contributed by atoms with E-state index in [1.807, 2.05) is 32.6 Å². The molecule has 0 aliphatic carbocycles. The fourth-order valence-corrected chi connectivity index (χ4v) is 2.71. The van der Waals surface area contributed by atoms with Crippen molar-refractivity contribution in [3.8, 4) is 0 Å². The van der Waals surface area contributed by atoms with Crippen molar-refractivity contribution < 1.29 is 34.5 Å². The molecular formula is C23H47N3O7. The van der Waals surface area contributed by atoms with E-state index in [9.17, 15) is 19.2 Å². The predicted octanol–water partition coefficient (Wildman–Crippen LogP) is 2.22. The maximum Gasteiger partial charge on any atom is 0.317 e. The van der Waals surface area contributed by atoms with Crippen LogP contribution in [0.4, 0.5) is 0 Å². The molecule has 0 aromatic rings. The van der Waals surface area contributed by atoms with Crippen LogP contribution >= 0.6 is 0 Å². The smallest absolute Gasteiger partial charge is 0.317 e. The summed E-state index contributed by atoms with van der Waals surface area (Å²) in [6.45, 7) is 14.6. The lowest BCUT2D eigenvalue weighted by atomic mass is 10.1. The Balaban J connectivity index is -0.00000134. The molecule has 10 heteroatoms. The Kier molecular flexibility index (Phi) is 26.5. The second-order valence-electron chi connectivity index (χ2n) is 7.77. The van der Waals surface area contributed by atoms with Gasteiger partial charge in [0.1, 0.15) is 6.29 Å². The lowest BCUT2D eigenvalue weighted by Gasteiger charge is -2.28. The van der Waals surface area contributed by atoms with Crippen LogP contribution in [0.2, 0.25) is 0 Å². The minimum Gasteiger partial charge on any atom is -0.480 e. The third-order valence-corrected chi connectivity index (χ3v) is 4.27. The van der Waals surface area contributed by atoms with E-state index < -0.39 is 17.9 Å². The number of carboxylic acid groups (broad SMARTS) is 3. The normalized spacial score (nSPS) is 10.5. The molecule has 0 amide bonds. The SMILES string of the molecule is CC.CCC=O.CCCN(CCN(CCN(CCC(C)C)CC(=O)O)CC(=O)O)CC(=O)O. The van der Waals surface area contributed by atoms with Gasteiger partial charge in [-0.2, -0.15) is 0 Å². The molecule has 33 heavy (non-hydrogen) atoms. The molecule has 10 nitrogen and oxygen atoms in total. The van der Waals surface area contributed by atoms with Gasteiger partial charge in [0, 0.05) is 32.6 Å². The van der Waals surface area contributed by atoms with Crippen molar-refractivity contribution in [3.05, 3.63) is 0 Å². The Bertz CT molecular complexity index is 516. The molecule has 0 aromatic carbocycles. The average Bonchev–Trinajstić information content (AvgIpc) is 2.74. The summed E-state index contributed by atoms with van der Waals surface area (Å²) in [7, 11) is 0. The summed E-state index contributed by atoms with van der Waals surface area (Å²) in [6.07, 6.45) is 3.20. The molecule has 0 bridgehead atoms. The maximum absolute atomic E-state index is 11.1. The zero-order chi connectivity index (χ0) is 26.2. The average molecular weight is 478 g/mol. The van der Waals surface area contributed by atoms with E-state index in [0.29, 0.717) is 51.6 Å². The number of aliphatic carboxylic acids is 3. The summed E-state index contributed by atoms with van der Waals surface area (Å²) >= 11 is 0. The molecule has 196 valence electrons. The number of carboxylic acids is 3. The third kappa shape index (κ3) is 27.9. The van der Waals surface area contributed by atoms with Crippen molar-refractivity contribution in [1.29, 1.82) is 0 Å². The standard InChI is InChI=1S/C18H35N3O6.C3H6O.C2H6/c1-4-6-19(12-16(22)23)8-10-21(14-18(26)27)11-9-20(13-17(24)25)7-5-15(2)3;1-2-3-4;1-2/h15H,4-14H2,1-3H3,(H,22,23)(H,24,25)(H,26,27);3H,2H2,1H3;1-2H3. The van der Waals surface area contributed by atoms with Gasteiger partial charge in [0.05, 0.1) is 19.6 Å². The van der Waals surface area contributed by atoms with E-state index in [1.54, 1.807) is 9.80 Å². The highest BCUT2D eigenvalue weighted by atomic mass is 16.4. The summed E-state index contributed by atoms with van der Waals surface area (Å²) in [5, 5.41) is 27.2. The Morgan fingerprint density at radius 2 is 1.00 bits per heavy atom. The first-order chi connectivity index (χ1) is 15.5. The number of hydrogen-bond donors (Lipinski definition) is 3. The lowest BCUT2D eigenvalue weighted by Crippen LogP contribution is -2.44. The van der Waals surface area contributed by atoms with Crippen molar-refractivity contribution in [2.24, 2.45) is 5.92 Å². The van der Waals surface area contributed by atoms with Crippen molar-refractivity contribution in [2.45, 2.75) is 60.8 Å². The summed E-state index contributed by atoms with van der Waals surface area (Å²) in [5.41, 5.74) is 0.